The summed E-state index contributed by atoms with van der Waals surface area (Å²) in [5, 5.41) is 21.7. The lowest BCUT2D eigenvalue weighted by Crippen LogP contribution is -2.32. The Hall–Kier alpha value is -1.94. The van der Waals surface area contributed by atoms with Crippen LogP contribution in [0.15, 0.2) is 22.7 Å². The molecule has 1 atom stereocenters. The zero-order chi connectivity index (χ0) is 13.7. The number of non-ortho nitro benzene ring substituents is 1. The smallest absolute Gasteiger partial charge is 0.271 e. The van der Waals surface area contributed by atoms with E-state index in [0.717, 1.165) is 0 Å². The van der Waals surface area contributed by atoms with Crippen molar-refractivity contribution in [3.63, 3.8) is 0 Å². The third-order valence-corrected chi connectivity index (χ3v) is 2.59. The van der Waals surface area contributed by atoms with Crippen LogP contribution in [-0.2, 0) is 0 Å². The van der Waals surface area contributed by atoms with Gasteiger partial charge in [0.1, 0.15) is 0 Å². The van der Waals surface area contributed by atoms with Crippen molar-refractivity contribution in [3.05, 3.63) is 38.3 Å². The van der Waals surface area contributed by atoms with Crippen LogP contribution in [0, 0.1) is 21.4 Å². The molecule has 0 spiro atoms. The molecular weight excluding hydrogens is 302 g/mol. The maximum atomic E-state index is 11.8. The second-order valence-electron chi connectivity index (χ2n) is 3.69. The van der Waals surface area contributed by atoms with Crippen molar-refractivity contribution < 1.29 is 9.72 Å². The van der Waals surface area contributed by atoms with Crippen LogP contribution in [0.2, 0.25) is 0 Å². The average molecular weight is 312 g/mol. The Morgan fingerprint density at radius 2 is 2.28 bits per heavy atom. The molecule has 0 saturated carbocycles. The first-order valence-corrected chi connectivity index (χ1v) is 5.86. The highest BCUT2D eigenvalue weighted by Gasteiger charge is 2.15. The summed E-state index contributed by atoms with van der Waals surface area (Å²) in [6.07, 6.45) is 0.182. The van der Waals surface area contributed by atoms with Crippen LogP contribution in [0.4, 0.5) is 5.69 Å². The maximum absolute atomic E-state index is 11.8. The normalized spacial score (nSPS) is 11.4. The van der Waals surface area contributed by atoms with E-state index in [1.54, 1.807) is 6.92 Å². The van der Waals surface area contributed by atoms with Gasteiger partial charge in [0.2, 0.25) is 0 Å². The summed E-state index contributed by atoms with van der Waals surface area (Å²) in [6.45, 7) is 1.69. The Labute approximate surface area is 112 Å². The molecule has 0 radical (unpaired) electrons. The van der Waals surface area contributed by atoms with Crippen LogP contribution in [0.3, 0.4) is 0 Å². The van der Waals surface area contributed by atoms with E-state index in [1.807, 2.05) is 6.07 Å². The first kappa shape index (κ1) is 14.1. The molecular formula is C11H10BrN3O3. The first-order valence-electron chi connectivity index (χ1n) is 5.07. The number of rotatable bonds is 4. The van der Waals surface area contributed by atoms with Crippen molar-refractivity contribution in [3.8, 4) is 6.07 Å². The number of amides is 1. The molecule has 94 valence electrons. The molecule has 0 fully saturated rings. The molecule has 0 aliphatic heterocycles. The summed E-state index contributed by atoms with van der Waals surface area (Å²) in [5.74, 6) is -0.442. The van der Waals surface area contributed by atoms with Crippen molar-refractivity contribution >= 4 is 27.5 Å². The molecule has 1 aromatic carbocycles. The number of nitrogens with zero attached hydrogens (tertiary/aromatic N) is 2. The SMILES string of the molecule is CC(CC#N)NC(=O)c1cc(Br)cc([N+](=O)[O-])c1. The lowest BCUT2D eigenvalue weighted by molar-refractivity contribution is -0.385. The molecule has 0 aromatic heterocycles. The van der Waals surface area contributed by atoms with Crippen molar-refractivity contribution in [2.75, 3.05) is 0 Å². The summed E-state index contributed by atoms with van der Waals surface area (Å²) in [5.41, 5.74) is 0.0170. The van der Waals surface area contributed by atoms with E-state index in [9.17, 15) is 14.9 Å². The van der Waals surface area contributed by atoms with Gasteiger partial charge in [-0.1, -0.05) is 15.9 Å². The van der Waals surface area contributed by atoms with E-state index in [1.165, 1.54) is 18.2 Å². The summed E-state index contributed by atoms with van der Waals surface area (Å²) >= 11 is 3.11. The number of hydrogen-bond donors (Lipinski definition) is 1. The third-order valence-electron chi connectivity index (χ3n) is 2.13. The molecule has 0 aliphatic carbocycles. The highest BCUT2D eigenvalue weighted by molar-refractivity contribution is 9.10. The Morgan fingerprint density at radius 1 is 1.61 bits per heavy atom. The van der Waals surface area contributed by atoms with Crippen LogP contribution < -0.4 is 5.32 Å². The lowest BCUT2D eigenvalue weighted by atomic mass is 10.1. The van der Waals surface area contributed by atoms with E-state index in [2.05, 4.69) is 21.2 Å². The van der Waals surface area contributed by atoms with E-state index in [4.69, 9.17) is 5.26 Å². The predicted octanol–water partition coefficient (Wildman–Crippen LogP) is 2.39. The number of halogens is 1. The van der Waals surface area contributed by atoms with Crippen LogP contribution >= 0.6 is 15.9 Å². The minimum Gasteiger partial charge on any atom is -0.349 e. The zero-order valence-corrected chi connectivity index (χ0v) is 11.1. The number of nitro benzene ring substituents is 1. The van der Waals surface area contributed by atoms with Gasteiger partial charge in [-0.2, -0.15) is 5.26 Å². The molecule has 0 bridgehead atoms. The molecule has 6 nitrogen and oxygen atoms in total. The van der Waals surface area contributed by atoms with Crippen molar-refractivity contribution in [2.24, 2.45) is 0 Å². The molecule has 1 amide bonds. The van der Waals surface area contributed by atoms with E-state index in [-0.39, 0.29) is 23.7 Å². The molecule has 0 aliphatic rings. The second-order valence-corrected chi connectivity index (χ2v) is 4.61. The summed E-state index contributed by atoms with van der Waals surface area (Å²) < 4.78 is 0.454. The fourth-order valence-corrected chi connectivity index (χ4v) is 1.79. The first-order chi connectivity index (χ1) is 8.43. The number of carbonyl (C=O) groups is 1. The largest absolute Gasteiger partial charge is 0.349 e. The van der Waals surface area contributed by atoms with Gasteiger partial charge in [-0.15, -0.1) is 0 Å². The molecule has 18 heavy (non-hydrogen) atoms. The van der Waals surface area contributed by atoms with Crippen LogP contribution in [-0.4, -0.2) is 16.9 Å². The van der Waals surface area contributed by atoms with E-state index >= 15 is 0 Å². The predicted molar refractivity (Wildman–Crippen MR) is 68.0 cm³/mol. The van der Waals surface area contributed by atoms with Gasteiger partial charge < -0.3 is 5.32 Å². The van der Waals surface area contributed by atoms with Gasteiger partial charge >= 0.3 is 0 Å². The number of nitrogens with one attached hydrogen (secondary N) is 1. The monoisotopic (exact) mass is 311 g/mol. The van der Waals surface area contributed by atoms with Gasteiger partial charge in [0, 0.05) is 28.2 Å². The van der Waals surface area contributed by atoms with Gasteiger partial charge in [0.15, 0.2) is 0 Å². The van der Waals surface area contributed by atoms with Crippen LogP contribution in [0.25, 0.3) is 0 Å². The highest BCUT2D eigenvalue weighted by Crippen LogP contribution is 2.21. The number of hydrogen-bond acceptors (Lipinski definition) is 4. The van der Waals surface area contributed by atoms with Gasteiger partial charge in [-0.25, -0.2) is 0 Å². The summed E-state index contributed by atoms with van der Waals surface area (Å²) in [4.78, 5) is 21.9. The van der Waals surface area contributed by atoms with Gasteiger partial charge in [0.05, 0.1) is 17.4 Å². The molecule has 0 saturated heterocycles. The zero-order valence-electron chi connectivity index (χ0n) is 9.51. The van der Waals surface area contributed by atoms with E-state index in [0.29, 0.717) is 4.47 Å². The minimum absolute atomic E-state index is 0.164. The third kappa shape index (κ3) is 3.82. The number of carbonyl (C=O) groups excluding carboxylic acids is 1. The Bertz CT molecular complexity index is 525. The maximum Gasteiger partial charge on any atom is 0.271 e. The molecule has 7 heteroatoms. The number of benzene rings is 1. The standard InChI is InChI=1S/C11H10BrN3O3/c1-7(2-3-13)14-11(16)8-4-9(12)6-10(5-8)15(17)18/h4-7H,2H2,1H3,(H,14,16). The highest BCUT2D eigenvalue weighted by atomic mass is 79.9. The number of nitro groups is 1. The molecule has 1 aromatic rings. The van der Waals surface area contributed by atoms with Crippen molar-refractivity contribution in [1.29, 1.82) is 5.26 Å². The minimum atomic E-state index is -0.569. The fraction of sp³-hybridized carbons (Fsp3) is 0.273. The van der Waals surface area contributed by atoms with Crippen LogP contribution in [0.5, 0.6) is 0 Å². The number of nitriles is 1. The lowest BCUT2D eigenvalue weighted by Gasteiger charge is -2.10. The molecule has 1 N–H and O–H groups in total. The Balaban J connectivity index is 2.93. The Morgan fingerprint density at radius 3 is 2.83 bits per heavy atom. The van der Waals surface area contributed by atoms with Crippen LogP contribution in [0.1, 0.15) is 23.7 Å². The van der Waals surface area contributed by atoms with Gasteiger partial charge in [-0.05, 0) is 13.0 Å². The molecule has 1 rings (SSSR count). The topological polar surface area (TPSA) is 96.0 Å². The second kappa shape index (κ2) is 6.12. The Kier molecular flexibility index (Phi) is 4.80. The molecule has 1 unspecified atom stereocenters. The van der Waals surface area contributed by atoms with Gasteiger partial charge in [-0.3, -0.25) is 14.9 Å². The van der Waals surface area contributed by atoms with Crippen molar-refractivity contribution in [1.82, 2.24) is 5.32 Å². The fourth-order valence-electron chi connectivity index (χ4n) is 1.31. The van der Waals surface area contributed by atoms with Gasteiger partial charge in [0.25, 0.3) is 11.6 Å². The van der Waals surface area contributed by atoms with E-state index < -0.39 is 10.8 Å². The quantitative estimate of drug-likeness (QED) is 0.682. The summed E-state index contributed by atoms with van der Waals surface area (Å²) in [7, 11) is 0. The summed E-state index contributed by atoms with van der Waals surface area (Å²) in [6, 6.07) is 5.62. The average Bonchev–Trinajstić information content (AvgIpc) is 2.28. The molecule has 0 heterocycles. The van der Waals surface area contributed by atoms with Crippen molar-refractivity contribution in [2.45, 2.75) is 19.4 Å².